The number of nitrogens with one attached hydrogen (secondary N) is 1. The molecule has 1 aromatic rings. The fourth-order valence-corrected chi connectivity index (χ4v) is 6.72. The summed E-state index contributed by atoms with van der Waals surface area (Å²) in [5.41, 5.74) is 2.40. The predicted octanol–water partition coefficient (Wildman–Crippen LogP) is 4.26. The summed E-state index contributed by atoms with van der Waals surface area (Å²) in [6.07, 6.45) is 8.86. The van der Waals surface area contributed by atoms with Crippen molar-refractivity contribution in [3.8, 4) is 0 Å². The normalized spacial score (nSPS) is 33.3. The largest absolute Gasteiger partial charge is 0.355 e. The topological polar surface area (TPSA) is 46.9 Å². The third-order valence-electron chi connectivity index (χ3n) is 6.91. The van der Waals surface area contributed by atoms with Crippen LogP contribution in [0.2, 0.25) is 0 Å². The number of hydrogen-bond acceptors (Lipinski definition) is 3. The van der Waals surface area contributed by atoms with Crippen LogP contribution in [-0.4, -0.2) is 27.3 Å². The van der Waals surface area contributed by atoms with Crippen LogP contribution < -0.4 is 5.32 Å². The van der Waals surface area contributed by atoms with E-state index in [9.17, 15) is 4.79 Å². The molecule has 138 valence electrons. The molecule has 4 rings (SSSR count). The molecule has 2 saturated carbocycles. The van der Waals surface area contributed by atoms with Crippen LogP contribution in [0, 0.1) is 31.6 Å². The molecule has 4 nitrogen and oxygen atoms in total. The van der Waals surface area contributed by atoms with E-state index in [-0.39, 0.29) is 11.2 Å². The van der Waals surface area contributed by atoms with Crippen LogP contribution in [-0.2, 0) is 4.79 Å². The zero-order valence-corrected chi connectivity index (χ0v) is 16.6. The Kier molecular flexibility index (Phi) is 4.87. The number of amides is 1. The van der Waals surface area contributed by atoms with Crippen molar-refractivity contribution in [1.29, 1.82) is 0 Å². The molecule has 1 amide bonds. The maximum absolute atomic E-state index is 12.4. The Hall–Kier alpha value is -0.970. The Bertz CT molecular complexity index is 656. The summed E-state index contributed by atoms with van der Waals surface area (Å²) in [5.74, 6) is 2.85. The predicted molar refractivity (Wildman–Crippen MR) is 102 cm³/mol. The number of fused-ring (bicyclic) bond motifs is 2. The van der Waals surface area contributed by atoms with E-state index in [0.717, 1.165) is 54.4 Å². The van der Waals surface area contributed by atoms with Crippen LogP contribution in [0.4, 0.5) is 0 Å². The fourth-order valence-electron chi connectivity index (χ4n) is 5.39. The van der Waals surface area contributed by atoms with Crippen molar-refractivity contribution in [3.63, 3.8) is 0 Å². The highest BCUT2D eigenvalue weighted by molar-refractivity contribution is 8.00. The molecule has 1 aliphatic heterocycles. The number of imidazole rings is 1. The SMILES string of the molecule is Cc1nc(S[C@@H]2CCCCNC2=O)n([C@@H](C)[C@@H]2C[C@H]3CC[C@H]2C3)c1C. The van der Waals surface area contributed by atoms with Crippen molar-refractivity contribution in [1.82, 2.24) is 14.9 Å². The van der Waals surface area contributed by atoms with Crippen LogP contribution in [0.15, 0.2) is 5.16 Å². The molecule has 0 unspecified atom stereocenters. The first-order valence-corrected chi connectivity index (χ1v) is 10.9. The van der Waals surface area contributed by atoms with Gasteiger partial charge in [0.25, 0.3) is 0 Å². The minimum atomic E-state index is 0.00896. The molecule has 5 heteroatoms. The van der Waals surface area contributed by atoms with Gasteiger partial charge in [-0.15, -0.1) is 0 Å². The van der Waals surface area contributed by atoms with Gasteiger partial charge in [0.2, 0.25) is 5.91 Å². The van der Waals surface area contributed by atoms with E-state index in [1.165, 1.54) is 31.4 Å². The van der Waals surface area contributed by atoms with Crippen molar-refractivity contribution in [2.45, 2.75) is 82.2 Å². The summed E-state index contributed by atoms with van der Waals surface area (Å²) >= 11 is 1.69. The van der Waals surface area contributed by atoms with Crippen LogP contribution in [0.1, 0.15) is 69.3 Å². The van der Waals surface area contributed by atoms with Gasteiger partial charge < -0.3 is 9.88 Å². The van der Waals surface area contributed by atoms with Crippen LogP contribution in [0.3, 0.4) is 0 Å². The van der Waals surface area contributed by atoms with Crippen LogP contribution in [0.5, 0.6) is 0 Å². The van der Waals surface area contributed by atoms with Gasteiger partial charge in [0, 0.05) is 18.3 Å². The second-order valence-corrected chi connectivity index (χ2v) is 9.58. The molecule has 0 aromatic carbocycles. The summed E-state index contributed by atoms with van der Waals surface area (Å²) in [6.45, 7) is 7.51. The van der Waals surface area contributed by atoms with Crippen molar-refractivity contribution in [2.24, 2.45) is 17.8 Å². The first kappa shape index (κ1) is 17.4. The van der Waals surface area contributed by atoms with E-state index in [1.807, 2.05) is 0 Å². The number of rotatable bonds is 4. The van der Waals surface area contributed by atoms with Crippen molar-refractivity contribution in [2.75, 3.05) is 6.54 Å². The third-order valence-corrected chi connectivity index (χ3v) is 8.14. The standard InChI is InChI=1S/C20H31N3OS/c1-12-13(2)23(14(3)17-11-15-7-8-16(17)10-15)20(22-12)25-18-6-4-5-9-21-19(18)24/h14-18H,4-11H2,1-3H3,(H,21,24)/t14-,15-,16-,17-,18+/m0/s1. The summed E-state index contributed by atoms with van der Waals surface area (Å²) in [6, 6.07) is 0.493. The molecule has 2 bridgehead atoms. The number of nitrogens with zero attached hydrogens (tertiary/aromatic N) is 2. The van der Waals surface area contributed by atoms with E-state index in [4.69, 9.17) is 4.98 Å². The van der Waals surface area contributed by atoms with Crippen LogP contribution in [0.25, 0.3) is 0 Å². The Morgan fingerprint density at radius 3 is 2.76 bits per heavy atom. The second kappa shape index (κ2) is 6.98. The zero-order chi connectivity index (χ0) is 17.6. The van der Waals surface area contributed by atoms with Gasteiger partial charge in [-0.3, -0.25) is 4.79 Å². The molecule has 25 heavy (non-hydrogen) atoms. The van der Waals surface area contributed by atoms with Gasteiger partial charge in [0.15, 0.2) is 5.16 Å². The molecule has 3 fully saturated rings. The quantitative estimate of drug-likeness (QED) is 0.872. The minimum Gasteiger partial charge on any atom is -0.355 e. The first-order valence-electron chi connectivity index (χ1n) is 10.0. The van der Waals surface area contributed by atoms with Gasteiger partial charge >= 0.3 is 0 Å². The average Bonchev–Trinajstić information content (AvgIpc) is 3.24. The van der Waals surface area contributed by atoms with E-state index in [2.05, 4.69) is 30.7 Å². The molecule has 1 saturated heterocycles. The first-order chi connectivity index (χ1) is 12.0. The molecule has 2 aliphatic carbocycles. The second-order valence-electron chi connectivity index (χ2n) is 8.41. The number of aryl methyl sites for hydroxylation is 1. The number of hydrogen-bond donors (Lipinski definition) is 1. The smallest absolute Gasteiger partial charge is 0.233 e. The molecular formula is C20H31N3OS. The summed E-state index contributed by atoms with van der Waals surface area (Å²) in [7, 11) is 0. The lowest BCUT2D eigenvalue weighted by atomic mass is 9.84. The number of thioether (sulfide) groups is 1. The average molecular weight is 362 g/mol. The van der Waals surface area contributed by atoms with Crippen LogP contribution >= 0.6 is 11.8 Å². The highest BCUT2D eigenvalue weighted by Gasteiger charge is 2.43. The Morgan fingerprint density at radius 2 is 2.04 bits per heavy atom. The van der Waals surface area contributed by atoms with Gasteiger partial charge in [-0.05, 0) is 70.6 Å². The molecule has 1 aromatic heterocycles. The molecule has 3 aliphatic rings. The monoisotopic (exact) mass is 361 g/mol. The lowest BCUT2D eigenvalue weighted by Crippen LogP contribution is -2.31. The van der Waals surface area contributed by atoms with Crippen molar-refractivity contribution >= 4 is 17.7 Å². The maximum Gasteiger partial charge on any atom is 0.233 e. The lowest BCUT2D eigenvalue weighted by molar-refractivity contribution is -0.120. The summed E-state index contributed by atoms with van der Waals surface area (Å²) in [5, 5.41) is 4.14. The van der Waals surface area contributed by atoms with E-state index in [1.54, 1.807) is 11.8 Å². The molecule has 5 atom stereocenters. The van der Waals surface area contributed by atoms with Gasteiger partial charge in [0.05, 0.1) is 10.9 Å². The number of carbonyl (C=O) groups is 1. The summed E-state index contributed by atoms with van der Waals surface area (Å²) in [4.78, 5) is 17.3. The molecule has 2 heterocycles. The minimum absolute atomic E-state index is 0.00896. The highest BCUT2D eigenvalue weighted by Crippen LogP contribution is 2.52. The zero-order valence-electron chi connectivity index (χ0n) is 15.8. The molecule has 0 spiro atoms. The molecule has 0 radical (unpaired) electrons. The number of aromatic nitrogens is 2. The van der Waals surface area contributed by atoms with Crippen molar-refractivity contribution in [3.05, 3.63) is 11.4 Å². The number of carbonyl (C=O) groups excluding carboxylic acids is 1. The molecule has 1 N–H and O–H groups in total. The van der Waals surface area contributed by atoms with Gasteiger partial charge in [0.1, 0.15) is 0 Å². The van der Waals surface area contributed by atoms with E-state index in [0.29, 0.717) is 6.04 Å². The summed E-state index contributed by atoms with van der Waals surface area (Å²) < 4.78 is 2.46. The maximum atomic E-state index is 12.4. The Morgan fingerprint density at radius 1 is 1.20 bits per heavy atom. The highest BCUT2D eigenvalue weighted by atomic mass is 32.2. The fraction of sp³-hybridized carbons (Fsp3) is 0.800. The Balaban J connectivity index is 1.58. The Labute approximate surface area is 155 Å². The molecular weight excluding hydrogens is 330 g/mol. The van der Waals surface area contributed by atoms with Gasteiger partial charge in [-0.2, -0.15) is 0 Å². The van der Waals surface area contributed by atoms with E-state index >= 15 is 0 Å². The van der Waals surface area contributed by atoms with Gasteiger partial charge in [-0.1, -0.05) is 24.6 Å². The van der Waals surface area contributed by atoms with Gasteiger partial charge in [-0.25, -0.2) is 4.98 Å². The van der Waals surface area contributed by atoms with E-state index < -0.39 is 0 Å². The van der Waals surface area contributed by atoms with Crippen molar-refractivity contribution < 1.29 is 4.79 Å². The lowest BCUT2D eigenvalue weighted by Gasteiger charge is -2.31. The third kappa shape index (κ3) is 3.24.